The van der Waals surface area contributed by atoms with E-state index >= 15 is 0 Å². The van der Waals surface area contributed by atoms with Crippen LogP contribution in [-0.4, -0.2) is 64.0 Å². The van der Waals surface area contributed by atoms with Crippen LogP contribution in [0.5, 0.6) is 0 Å². The highest BCUT2D eigenvalue weighted by molar-refractivity contribution is 7.92. The number of carboxylic acids is 1. The van der Waals surface area contributed by atoms with Crippen LogP contribution >= 0.6 is 0 Å². The maximum atomic E-state index is 13.4. The second-order valence-electron chi connectivity index (χ2n) is 7.78. The number of tetrazole rings is 1. The van der Waals surface area contributed by atoms with Crippen molar-refractivity contribution >= 4 is 27.4 Å². The van der Waals surface area contributed by atoms with Gasteiger partial charge in [-0.05, 0) is 65.6 Å². The molecule has 11 nitrogen and oxygen atoms in total. The van der Waals surface area contributed by atoms with E-state index in [1.165, 1.54) is 29.2 Å². The van der Waals surface area contributed by atoms with Gasteiger partial charge in [0.15, 0.2) is 0 Å². The fourth-order valence-corrected chi connectivity index (χ4v) is 5.31. The number of sulfonamides is 1. The molecule has 0 amide bonds. The molecule has 174 valence electrons. The summed E-state index contributed by atoms with van der Waals surface area (Å²) in [6.45, 7) is 2.83. The molecule has 12 heteroatoms. The predicted molar refractivity (Wildman–Crippen MR) is 120 cm³/mol. The van der Waals surface area contributed by atoms with E-state index in [1.54, 1.807) is 25.1 Å². The number of anilines is 2. The summed E-state index contributed by atoms with van der Waals surface area (Å²) in [6, 6.07) is 9.18. The third-order valence-electron chi connectivity index (χ3n) is 5.56. The summed E-state index contributed by atoms with van der Waals surface area (Å²) in [5, 5.41) is 30.6. The lowest BCUT2D eigenvalue weighted by Gasteiger charge is -2.33. The molecular weight excluding hydrogens is 448 g/mol. The summed E-state index contributed by atoms with van der Waals surface area (Å²) < 4.78 is 30.9. The number of aromatic nitrogens is 4. The van der Waals surface area contributed by atoms with Gasteiger partial charge in [-0.3, -0.25) is 4.72 Å². The largest absolute Gasteiger partial charge is 0.478 e. The lowest BCUT2D eigenvalue weighted by atomic mass is 10.1. The van der Waals surface area contributed by atoms with Crippen LogP contribution in [0.3, 0.4) is 0 Å². The fraction of sp³-hybridized carbons (Fsp3) is 0.333. The van der Waals surface area contributed by atoms with Crippen LogP contribution in [0.1, 0.15) is 35.7 Å². The zero-order valence-electron chi connectivity index (χ0n) is 17.9. The highest BCUT2D eigenvalue weighted by Crippen LogP contribution is 2.33. The fourth-order valence-electron chi connectivity index (χ4n) is 3.91. The quantitative estimate of drug-likeness (QED) is 0.466. The van der Waals surface area contributed by atoms with Crippen molar-refractivity contribution in [3.63, 3.8) is 0 Å². The Morgan fingerprint density at radius 2 is 2.06 bits per heavy atom. The zero-order valence-corrected chi connectivity index (χ0v) is 18.7. The summed E-state index contributed by atoms with van der Waals surface area (Å²) >= 11 is 0. The van der Waals surface area contributed by atoms with Gasteiger partial charge >= 0.3 is 5.97 Å². The molecule has 1 aliphatic rings. The van der Waals surface area contributed by atoms with Gasteiger partial charge in [0.25, 0.3) is 10.0 Å². The minimum atomic E-state index is -4.14. The number of β-amino-alcohol motifs (C(OH)–C–C–N with tert-alkyl or cyclic N) is 1. The van der Waals surface area contributed by atoms with E-state index in [1.807, 2.05) is 4.90 Å². The Morgan fingerprint density at radius 3 is 2.73 bits per heavy atom. The number of nitrogens with zero attached hydrogens (tertiary/aromatic N) is 5. The Hall–Kier alpha value is -3.51. The number of hydrogen-bond acceptors (Lipinski definition) is 8. The number of aliphatic hydroxyl groups excluding tert-OH is 1. The summed E-state index contributed by atoms with van der Waals surface area (Å²) in [5.41, 5.74) is 1.80. The Morgan fingerprint density at radius 1 is 1.24 bits per heavy atom. The maximum absolute atomic E-state index is 13.4. The van der Waals surface area contributed by atoms with Gasteiger partial charge in [-0.1, -0.05) is 13.0 Å². The van der Waals surface area contributed by atoms with E-state index in [9.17, 15) is 23.4 Å². The van der Waals surface area contributed by atoms with E-state index in [0.717, 1.165) is 6.42 Å². The molecule has 1 fully saturated rings. The normalized spacial score (nSPS) is 16.5. The Labute approximate surface area is 190 Å². The van der Waals surface area contributed by atoms with Gasteiger partial charge in [0.1, 0.15) is 6.33 Å². The monoisotopic (exact) mass is 472 g/mol. The molecule has 0 radical (unpaired) electrons. The first kappa shape index (κ1) is 22.7. The van der Waals surface area contributed by atoms with E-state index in [4.69, 9.17) is 0 Å². The molecule has 0 saturated carbocycles. The van der Waals surface area contributed by atoms with Crippen LogP contribution in [0, 0.1) is 0 Å². The summed E-state index contributed by atoms with van der Waals surface area (Å²) in [7, 11) is -4.14. The number of carbonyl (C=O) groups is 1. The SMILES string of the molecule is CCc1ccc(C(=O)O)cc1S(=O)(=O)Nc1cc(-n2cnnn2)ccc1N1CCC[C@H](O)C1. The molecule has 0 bridgehead atoms. The number of hydrogen-bond donors (Lipinski definition) is 3. The number of aromatic carboxylic acids is 1. The van der Waals surface area contributed by atoms with Crippen LogP contribution in [-0.2, 0) is 16.4 Å². The molecule has 0 aliphatic carbocycles. The van der Waals surface area contributed by atoms with Crippen molar-refractivity contribution in [1.29, 1.82) is 0 Å². The molecule has 4 rings (SSSR count). The number of rotatable bonds is 7. The standard InChI is InChI=1S/C21H24N6O5S/c1-2-14-5-6-15(21(29)30)10-20(14)33(31,32)23-18-11-16(27-13-22-24-25-27)7-8-19(18)26-9-3-4-17(28)12-26/h5-8,10-11,13,17,23,28H,2-4,9,12H2,1H3,(H,29,30)/t17-/m0/s1. The Kier molecular flexibility index (Phi) is 6.29. The van der Waals surface area contributed by atoms with E-state index in [-0.39, 0.29) is 16.1 Å². The van der Waals surface area contributed by atoms with Crippen LogP contribution in [0.2, 0.25) is 0 Å². The first-order valence-electron chi connectivity index (χ1n) is 10.5. The minimum absolute atomic E-state index is 0.0950. The molecule has 1 aromatic heterocycles. The lowest BCUT2D eigenvalue weighted by Crippen LogP contribution is -2.38. The predicted octanol–water partition coefficient (Wildman–Crippen LogP) is 1.68. The zero-order chi connectivity index (χ0) is 23.6. The highest BCUT2D eigenvalue weighted by atomic mass is 32.2. The molecule has 1 saturated heterocycles. The molecule has 3 N–H and O–H groups in total. The van der Waals surface area contributed by atoms with E-state index < -0.39 is 22.1 Å². The van der Waals surface area contributed by atoms with Crippen molar-refractivity contribution < 1.29 is 23.4 Å². The summed E-state index contributed by atoms with van der Waals surface area (Å²) in [6.07, 6.45) is 2.74. The third-order valence-corrected chi connectivity index (χ3v) is 7.01. The molecule has 1 aliphatic heterocycles. The minimum Gasteiger partial charge on any atom is -0.478 e. The Balaban J connectivity index is 1.79. The number of benzene rings is 2. The van der Waals surface area contributed by atoms with Crippen LogP contribution in [0.15, 0.2) is 47.6 Å². The van der Waals surface area contributed by atoms with Crippen LogP contribution in [0.4, 0.5) is 11.4 Å². The van der Waals surface area contributed by atoms with Crippen molar-refractivity contribution in [1.82, 2.24) is 20.2 Å². The smallest absolute Gasteiger partial charge is 0.335 e. The van der Waals surface area contributed by atoms with Gasteiger partial charge < -0.3 is 15.1 Å². The lowest BCUT2D eigenvalue weighted by molar-refractivity contribution is 0.0696. The number of aryl methyl sites for hydroxylation is 1. The van der Waals surface area contributed by atoms with Gasteiger partial charge in [-0.25, -0.2) is 17.9 Å². The molecule has 1 atom stereocenters. The molecule has 3 aromatic rings. The van der Waals surface area contributed by atoms with Crippen molar-refractivity contribution in [2.24, 2.45) is 0 Å². The molecular formula is C21H24N6O5S. The maximum Gasteiger partial charge on any atom is 0.335 e. The number of nitrogens with one attached hydrogen (secondary N) is 1. The van der Waals surface area contributed by atoms with Crippen molar-refractivity contribution in [2.45, 2.75) is 37.2 Å². The summed E-state index contributed by atoms with van der Waals surface area (Å²) in [4.78, 5) is 13.3. The topological polar surface area (TPSA) is 151 Å². The van der Waals surface area contributed by atoms with Gasteiger partial charge in [-0.2, -0.15) is 0 Å². The first-order chi connectivity index (χ1) is 15.8. The van der Waals surface area contributed by atoms with Gasteiger partial charge in [0, 0.05) is 13.1 Å². The molecule has 0 unspecified atom stereocenters. The van der Waals surface area contributed by atoms with Crippen LogP contribution < -0.4 is 9.62 Å². The second-order valence-corrected chi connectivity index (χ2v) is 9.44. The number of carboxylic acid groups (broad SMARTS) is 1. The molecule has 2 heterocycles. The van der Waals surface area contributed by atoms with Gasteiger partial charge in [-0.15, -0.1) is 5.10 Å². The van der Waals surface area contributed by atoms with E-state index in [0.29, 0.717) is 42.9 Å². The molecule has 0 spiro atoms. The van der Waals surface area contributed by atoms with Crippen molar-refractivity contribution in [3.05, 3.63) is 53.9 Å². The van der Waals surface area contributed by atoms with Gasteiger partial charge in [0.2, 0.25) is 0 Å². The highest BCUT2D eigenvalue weighted by Gasteiger charge is 2.25. The second kappa shape index (κ2) is 9.16. The number of aliphatic hydroxyl groups is 1. The molecule has 33 heavy (non-hydrogen) atoms. The summed E-state index contributed by atoms with van der Waals surface area (Å²) in [5.74, 6) is -1.21. The third kappa shape index (κ3) is 4.81. The van der Waals surface area contributed by atoms with E-state index in [2.05, 4.69) is 20.2 Å². The molecule has 2 aromatic carbocycles. The average Bonchev–Trinajstić information content (AvgIpc) is 3.33. The van der Waals surface area contributed by atoms with Gasteiger partial charge in [0.05, 0.1) is 33.6 Å². The average molecular weight is 473 g/mol. The first-order valence-corrected chi connectivity index (χ1v) is 12.0. The number of piperidine rings is 1. The van der Waals surface area contributed by atoms with Crippen LogP contribution in [0.25, 0.3) is 5.69 Å². The Bertz CT molecular complexity index is 1260. The van der Waals surface area contributed by atoms with Crippen molar-refractivity contribution in [2.75, 3.05) is 22.7 Å². The van der Waals surface area contributed by atoms with Crippen molar-refractivity contribution in [3.8, 4) is 5.69 Å².